The van der Waals surface area contributed by atoms with Crippen molar-refractivity contribution in [1.82, 2.24) is 9.97 Å². The van der Waals surface area contributed by atoms with Crippen molar-refractivity contribution in [2.75, 3.05) is 36.0 Å². The molecular formula is C21H19F3N4. The van der Waals surface area contributed by atoms with E-state index in [1.54, 1.807) is 12.4 Å². The Morgan fingerprint density at radius 3 is 2.04 bits per heavy atom. The summed E-state index contributed by atoms with van der Waals surface area (Å²) in [7, 11) is 0. The first-order chi connectivity index (χ1) is 13.5. The molecule has 0 atom stereocenters. The normalized spacial score (nSPS) is 15.0. The second-order valence-electron chi connectivity index (χ2n) is 6.65. The van der Waals surface area contributed by atoms with Gasteiger partial charge in [0.05, 0.1) is 23.7 Å². The maximum absolute atomic E-state index is 12.7. The predicted octanol–water partition coefficient (Wildman–Crippen LogP) is 4.49. The van der Waals surface area contributed by atoms with E-state index in [1.807, 2.05) is 18.2 Å². The molecule has 1 aliphatic heterocycles. The van der Waals surface area contributed by atoms with Crippen molar-refractivity contribution in [1.29, 1.82) is 0 Å². The van der Waals surface area contributed by atoms with Gasteiger partial charge in [-0.15, -0.1) is 0 Å². The molecule has 4 nitrogen and oxygen atoms in total. The second-order valence-corrected chi connectivity index (χ2v) is 6.65. The van der Waals surface area contributed by atoms with Crippen LogP contribution in [0.1, 0.15) is 5.56 Å². The Hall–Kier alpha value is -3.09. The van der Waals surface area contributed by atoms with Crippen LogP contribution in [0.2, 0.25) is 0 Å². The van der Waals surface area contributed by atoms with Crippen LogP contribution < -0.4 is 9.80 Å². The lowest BCUT2D eigenvalue weighted by Gasteiger charge is -2.36. The Balaban J connectivity index is 1.47. The average Bonchev–Trinajstić information content (AvgIpc) is 2.74. The first kappa shape index (κ1) is 18.3. The van der Waals surface area contributed by atoms with E-state index >= 15 is 0 Å². The van der Waals surface area contributed by atoms with Crippen LogP contribution in [0.15, 0.2) is 67.0 Å². The monoisotopic (exact) mass is 384 g/mol. The zero-order valence-electron chi connectivity index (χ0n) is 15.1. The standard InChI is InChI=1S/C21H19F3N4/c22-21(23,24)17-8-6-16(7-9-17)19-14-25-15-20(26-19)28-12-10-27(11-13-28)18-4-2-1-3-5-18/h1-9,14-15H,10-13H2. The van der Waals surface area contributed by atoms with Gasteiger partial charge in [-0.2, -0.15) is 13.2 Å². The largest absolute Gasteiger partial charge is 0.416 e. The maximum Gasteiger partial charge on any atom is 0.416 e. The fraction of sp³-hybridized carbons (Fsp3) is 0.238. The first-order valence-corrected chi connectivity index (χ1v) is 9.05. The molecule has 144 valence electrons. The fourth-order valence-electron chi connectivity index (χ4n) is 3.31. The van der Waals surface area contributed by atoms with Gasteiger partial charge >= 0.3 is 6.18 Å². The van der Waals surface area contributed by atoms with Crippen LogP contribution in [0, 0.1) is 0 Å². The third-order valence-corrected chi connectivity index (χ3v) is 4.85. The summed E-state index contributed by atoms with van der Waals surface area (Å²) in [4.78, 5) is 13.3. The van der Waals surface area contributed by atoms with Crippen molar-refractivity contribution in [3.8, 4) is 11.3 Å². The van der Waals surface area contributed by atoms with Crippen LogP contribution in [0.5, 0.6) is 0 Å². The van der Waals surface area contributed by atoms with Gasteiger partial charge in [0.15, 0.2) is 0 Å². The Morgan fingerprint density at radius 1 is 0.750 bits per heavy atom. The molecule has 2 aromatic carbocycles. The fourth-order valence-corrected chi connectivity index (χ4v) is 3.31. The van der Waals surface area contributed by atoms with E-state index in [2.05, 4.69) is 31.9 Å². The predicted molar refractivity (Wildman–Crippen MR) is 103 cm³/mol. The molecule has 0 N–H and O–H groups in total. The average molecular weight is 384 g/mol. The molecule has 0 radical (unpaired) electrons. The summed E-state index contributed by atoms with van der Waals surface area (Å²) in [5.74, 6) is 0.741. The number of hydrogen-bond donors (Lipinski definition) is 0. The number of alkyl halides is 3. The minimum absolute atomic E-state index is 0.566. The zero-order valence-corrected chi connectivity index (χ0v) is 15.1. The van der Waals surface area contributed by atoms with Crippen LogP contribution in [0.25, 0.3) is 11.3 Å². The SMILES string of the molecule is FC(F)(F)c1ccc(-c2cncc(N3CCN(c4ccccc4)CC3)n2)cc1. The molecule has 1 saturated heterocycles. The molecule has 0 unspecified atom stereocenters. The number of hydrogen-bond acceptors (Lipinski definition) is 4. The van der Waals surface area contributed by atoms with Gasteiger partial charge in [-0.05, 0) is 24.3 Å². The second kappa shape index (κ2) is 7.50. The number of halogens is 3. The number of rotatable bonds is 3. The number of benzene rings is 2. The molecule has 1 aliphatic rings. The minimum atomic E-state index is -4.34. The van der Waals surface area contributed by atoms with E-state index < -0.39 is 11.7 Å². The van der Waals surface area contributed by atoms with Crippen LogP contribution in [-0.2, 0) is 6.18 Å². The number of anilines is 2. The van der Waals surface area contributed by atoms with E-state index in [1.165, 1.54) is 17.8 Å². The van der Waals surface area contributed by atoms with Crippen LogP contribution in [0.4, 0.5) is 24.7 Å². The van der Waals surface area contributed by atoms with Crippen molar-refractivity contribution >= 4 is 11.5 Å². The smallest absolute Gasteiger partial charge is 0.368 e. The minimum Gasteiger partial charge on any atom is -0.368 e. The van der Waals surface area contributed by atoms with Crippen molar-refractivity contribution in [3.05, 3.63) is 72.6 Å². The summed E-state index contributed by atoms with van der Waals surface area (Å²) in [5.41, 5.74) is 1.71. The molecule has 1 fully saturated rings. The molecular weight excluding hydrogens is 365 g/mol. The van der Waals surface area contributed by atoms with Crippen LogP contribution >= 0.6 is 0 Å². The van der Waals surface area contributed by atoms with Gasteiger partial charge < -0.3 is 9.80 Å². The molecule has 0 amide bonds. The van der Waals surface area contributed by atoms with Crippen molar-refractivity contribution in [2.45, 2.75) is 6.18 Å². The van der Waals surface area contributed by atoms with Gasteiger partial charge in [-0.3, -0.25) is 4.98 Å². The highest BCUT2D eigenvalue weighted by atomic mass is 19.4. The van der Waals surface area contributed by atoms with Crippen LogP contribution in [0.3, 0.4) is 0 Å². The molecule has 0 spiro atoms. The summed E-state index contributed by atoms with van der Waals surface area (Å²) in [5, 5.41) is 0. The van der Waals surface area contributed by atoms with Crippen molar-refractivity contribution in [3.63, 3.8) is 0 Å². The summed E-state index contributed by atoms with van der Waals surface area (Å²) in [6, 6.07) is 15.3. The van der Waals surface area contributed by atoms with Gasteiger partial charge in [-0.1, -0.05) is 30.3 Å². The third kappa shape index (κ3) is 3.93. The van der Waals surface area contributed by atoms with E-state index in [0.29, 0.717) is 11.3 Å². The Morgan fingerprint density at radius 2 is 1.39 bits per heavy atom. The number of aromatic nitrogens is 2. The lowest BCUT2D eigenvalue weighted by Crippen LogP contribution is -2.46. The lowest BCUT2D eigenvalue weighted by molar-refractivity contribution is -0.137. The van der Waals surface area contributed by atoms with E-state index in [-0.39, 0.29) is 0 Å². The van der Waals surface area contributed by atoms with Gasteiger partial charge in [-0.25, -0.2) is 4.98 Å². The molecule has 3 aromatic rings. The summed E-state index contributed by atoms with van der Waals surface area (Å²) in [6.45, 7) is 3.35. The molecule has 28 heavy (non-hydrogen) atoms. The molecule has 0 bridgehead atoms. The van der Waals surface area contributed by atoms with E-state index in [0.717, 1.165) is 44.1 Å². The summed E-state index contributed by atoms with van der Waals surface area (Å²) < 4.78 is 38.2. The van der Waals surface area contributed by atoms with Crippen molar-refractivity contribution < 1.29 is 13.2 Å². The highest BCUT2D eigenvalue weighted by molar-refractivity contribution is 5.61. The van der Waals surface area contributed by atoms with Gasteiger partial charge in [0.2, 0.25) is 0 Å². The zero-order chi connectivity index (χ0) is 19.6. The highest BCUT2D eigenvalue weighted by Gasteiger charge is 2.30. The molecule has 4 rings (SSSR count). The quantitative estimate of drug-likeness (QED) is 0.666. The van der Waals surface area contributed by atoms with Gasteiger partial charge in [0.1, 0.15) is 5.82 Å². The Labute approximate surface area is 161 Å². The van der Waals surface area contributed by atoms with Crippen molar-refractivity contribution in [2.24, 2.45) is 0 Å². The van der Waals surface area contributed by atoms with Crippen LogP contribution in [-0.4, -0.2) is 36.1 Å². The molecule has 7 heteroatoms. The summed E-state index contributed by atoms with van der Waals surface area (Å²) >= 11 is 0. The first-order valence-electron chi connectivity index (χ1n) is 9.05. The number of para-hydroxylation sites is 1. The third-order valence-electron chi connectivity index (χ3n) is 4.85. The van der Waals surface area contributed by atoms with Gasteiger partial charge in [0.25, 0.3) is 0 Å². The molecule has 2 heterocycles. The summed E-state index contributed by atoms with van der Waals surface area (Å²) in [6.07, 6.45) is -1.07. The topological polar surface area (TPSA) is 32.3 Å². The molecule has 1 aromatic heterocycles. The Bertz CT molecular complexity index is 918. The Kier molecular flexibility index (Phi) is 4.90. The van der Waals surface area contributed by atoms with E-state index in [9.17, 15) is 13.2 Å². The molecule has 0 aliphatic carbocycles. The number of nitrogens with zero attached hydrogens (tertiary/aromatic N) is 4. The highest BCUT2D eigenvalue weighted by Crippen LogP contribution is 2.31. The van der Waals surface area contributed by atoms with E-state index in [4.69, 9.17) is 0 Å². The number of piperazine rings is 1. The van der Waals surface area contributed by atoms with Gasteiger partial charge in [0, 0.05) is 37.4 Å². The lowest BCUT2D eigenvalue weighted by atomic mass is 10.1. The maximum atomic E-state index is 12.7. The molecule has 0 saturated carbocycles.